The van der Waals surface area contributed by atoms with Crippen molar-refractivity contribution in [3.63, 3.8) is 0 Å². The number of carbonyl (C=O) groups excluding carboxylic acids is 1. The van der Waals surface area contributed by atoms with E-state index in [0.29, 0.717) is 19.5 Å². The zero-order valence-electron chi connectivity index (χ0n) is 16.2. The van der Waals surface area contributed by atoms with E-state index in [2.05, 4.69) is 22.4 Å². The third-order valence-corrected chi connectivity index (χ3v) is 6.34. The maximum absolute atomic E-state index is 12.7. The van der Waals surface area contributed by atoms with E-state index in [1.165, 1.54) is 4.88 Å². The summed E-state index contributed by atoms with van der Waals surface area (Å²) in [6.07, 6.45) is 0.364. The van der Waals surface area contributed by atoms with Gasteiger partial charge in [-0.1, -0.05) is 18.2 Å². The molecule has 148 valence electrons. The summed E-state index contributed by atoms with van der Waals surface area (Å²) < 4.78 is 3.51. The van der Waals surface area contributed by atoms with E-state index in [9.17, 15) is 9.59 Å². The maximum Gasteiger partial charge on any atom is 0.329 e. The molecule has 6 nitrogen and oxygen atoms in total. The molecule has 0 N–H and O–H groups in total. The summed E-state index contributed by atoms with van der Waals surface area (Å²) in [4.78, 5) is 31.1. The summed E-state index contributed by atoms with van der Waals surface area (Å²) in [5, 5.41) is 2.10. The normalized spacial score (nSPS) is 15.4. The predicted octanol–water partition coefficient (Wildman–Crippen LogP) is 2.62. The summed E-state index contributed by atoms with van der Waals surface area (Å²) in [5.74, 6) is 0.135. The number of thiophene rings is 1. The largest absolute Gasteiger partial charge is 0.340 e. The molecule has 1 amide bonds. The smallest absolute Gasteiger partial charge is 0.329 e. The van der Waals surface area contributed by atoms with Gasteiger partial charge in [-0.15, -0.1) is 11.3 Å². The highest BCUT2D eigenvalue weighted by Crippen LogP contribution is 2.15. The number of carbonyl (C=O) groups is 1. The summed E-state index contributed by atoms with van der Waals surface area (Å²) in [7, 11) is 0. The van der Waals surface area contributed by atoms with Gasteiger partial charge in [0.1, 0.15) is 0 Å². The Bertz CT molecular complexity index is 997. The Morgan fingerprint density at radius 2 is 1.71 bits per heavy atom. The van der Waals surface area contributed by atoms with Crippen LogP contribution in [0, 0.1) is 0 Å². The Labute approximate surface area is 168 Å². The van der Waals surface area contributed by atoms with Crippen LogP contribution in [-0.2, 0) is 24.4 Å². The van der Waals surface area contributed by atoms with Gasteiger partial charge in [0, 0.05) is 57.1 Å². The fraction of sp³-hybridized carbons (Fsp3) is 0.429. The van der Waals surface area contributed by atoms with Gasteiger partial charge in [0.05, 0.1) is 11.0 Å². The summed E-state index contributed by atoms with van der Waals surface area (Å²) in [5.41, 5.74) is 1.81. The lowest BCUT2D eigenvalue weighted by Gasteiger charge is -2.34. The first-order valence-electron chi connectivity index (χ1n) is 9.88. The molecule has 1 aromatic carbocycles. The van der Waals surface area contributed by atoms with E-state index in [1.807, 2.05) is 36.1 Å². The number of rotatable bonds is 6. The molecule has 1 aliphatic rings. The van der Waals surface area contributed by atoms with Crippen molar-refractivity contribution in [2.45, 2.75) is 33.0 Å². The lowest BCUT2D eigenvalue weighted by molar-refractivity contribution is -0.133. The maximum atomic E-state index is 12.7. The summed E-state index contributed by atoms with van der Waals surface area (Å²) >= 11 is 1.78. The molecule has 0 aliphatic carbocycles. The molecule has 0 radical (unpaired) electrons. The van der Waals surface area contributed by atoms with Gasteiger partial charge in [-0.3, -0.25) is 18.8 Å². The number of piperazine rings is 1. The number of nitrogens with zero attached hydrogens (tertiary/aromatic N) is 4. The van der Waals surface area contributed by atoms with Gasteiger partial charge in [0.2, 0.25) is 5.91 Å². The quantitative estimate of drug-likeness (QED) is 0.641. The summed E-state index contributed by atoms with van der Waals surface area (Å²) in [6.45, 7) is 7.32. The molecule has 2 aromatic heterocycles. The molecule has 3 heterocycles. The number of aryl methyl sites for hydroxylation is 2. The van der Waals surface area contributed by atoms with E-state index in [4.69, 9.17) is 0 Å². The van der Waals surface area contributed by atoms with Gasteiger partial charge in [-0.25, -0.2) is 4.79 Å². The monoisotopic (exact) mass is 398 g/mol. The van der Waals surface area contributed by atoms with Crippen molar-refractivity contribution in [2.24, 2.45) is 0 Å². The number of imidazole rings is 1. The molecular formula is C21H26N4O2S. The van der Waals surface area contributed by atoms with Crippen molar-refractivity contribution in [1.82, 2.24) is 18.9 Å². The molecule has 0 spiro atoms. The molecular weight excluding hydrogens is 372 g/mol. The fourth-order valence-corrected chi connectivity index (χ4v) is 4.68. The minimum Gasteiger partial charge on any atom is -0.340 e. The predicted molar refractivity (Wildman–Crippen MR) is 113 cm³/mol. The lowest BCUT2D eigenvalue weighted by atomic mass is 10.2. The van der Waals surface area contributed by atoms with E-state index in [0.717, 1.165) is 43.8 Å². The second kappa shape index (κ2) is 8.32. The molecule has 1 aliphatic heterocycles. The van der Waals surface area contributed by atoms with Gasteiger partial charge >= 0.3 is 5.69 Å². The highest BCUT2D eigenvalue weighted by Gasteiger charge is 2.22. The number of hydrogen-bond acceptors (Lipinski definition) is 4. The van der Waals surface area contributed by atoms with Gasteiger partial charge in [0.15, 0.2) is 0 Å². The molecule has 0 atom stereocenters. The van der Waals surface area contributed by atoms with Crippen LogP contribution in [0.15, 0.2) is 46.6 Å². The second-order valence-electron chi connectivity index (χ2n) is 7.15. The van der Waals surface area contributed by atoms with Gasteiger partial charge in [-0.2, -0.15) is 0 Å². The Morgan fingerprint density at radius 1 is 1.00 bits per heavy atom. The Morgan fingerprint density at radius 3 is 2.36 bits per heavy atom. The highest BCUT2D eigenvalue weighted by molar-refractivity contribution is 7.09. The van der Waals surface area contributed by atoms with Crippen LogP contribution in [0.4, 0.5) is 0 Å². The lowest BCUT2D eigenvalue weighted by Crippen LogP contribution is -2.48. The van der Waals surface area contributed by atoms with Gasteiger partial charge < -0.3 is 4.90 Å². The van der Waals surface area contributed by atoms with Crippen molar-refractivity contribution in [2.75, 3.05) is 26.2 Å². The molecule has 0 unspecified atom stereocenters. The molecule has 4 rings (SSSR count). The van der Waals surface area contributed by atoms with E-state index in [1.54, 1.807) is 20.5 Å². The zero-order chi connectivity index (χ0) is 19.5. The molecule has 1 saturated heterocycles. The van der Waals surface area contributed by atoms with Crippen molar-refractivity contribution in [1.29, 1.82) is 0 Å². The first kappa shape index (κ1) is 19.0. The van der Waals surface area contributed by atoms with Crippen LogP contribution in [-0.4, -0.2) is 51.0 Å². The number of aromatic nitrogens is 2. The Kier molecular flexibility index (Phi) is 5.64. The van der Waals surface area contributed by atoms with Crippen LogP contribution in [0.5, 0.6) is 0 Å². The molecule has 0 bridgehead atoms. The van der Waals surface area contributed by atoms with Crippen LogP contribution in [0.2, 0.25) is 0 Å². The first-order chi connectivity index (χ1) is 13.7. The number of amides is 1. The van der Waals surface area contributed by atoms with Gasteiger partial charge in [0.25, 0.3) is 0 Å². The third kappa shape index (κ3) is 3.77. The SMILES string of the molecule is CCn1c(=O)n(CCC(=O)N2CCN(Cc3cccs3)CC2)c2ccccc21. The van der Waals surface area contributed by atoms with Crippen LogP contribution >= 0.6 is 11.3 Å². The third-order valence-electron chi connectivity index (χ3n) is 5.48. The van der Waals surface area contributed by atoms with Crippen molar-refractivity contribution in [3.05, 3.63) is 57.1 Å². The topological polar surface area (TPSA) is 50.5 Å². The molecule has 0 saturated carbocycles. The fourth-order valence-electron chi connectivity index (χ4n) is 3.94. The van der Waals surface area contributed by atoms with Crippen LogP contribution in [0.25, 0.3) is 11.0 Å². The van der Waals surface area contributed by atoms with Crippen LogP contribution in [0.3, 0.4) is 0 Å². The van der Waals surface area contributed by atoms with Crippen LogP contribution in [0.1, 0.15) is 18.2 Å². The molecule has 28 heavy (non-hydrogen) atoms. The number of hydrogen-bond donors (Lipinski definition) is 0. The Balaban J connectivity index is 1.36. The zero-order valence-corrected chi connectivity index (χ0v) is 17.0. The van der Waals surface area contributed by atoms with Crippen LogP contribution < -0.4 is 5.69 Å². The standard InChI is InChI=1S/C21H26N4O2S/c1-2-24-18-7-3-4-8-19(18)25(21(24)27)10-9-20(26)23-13-11-22(12-14-23)16-17-6-5-15-28-17/h3-8,15H,2,9-14,16H2,1H3. The minimum absolute atomic E-state index is 0.0303. The number of benzene rings is 1. The average molecular weight is 399 g/mol. The van der Waals surface area contributed by atoms with Crippen molar-refractivity contribution >= 4 is 28.3 Å². The summed E-state index contributed by atoms with van der Waals surface area (Å²) in [6, 6.07) is 12.0. The second-order valence-corrected chi connectivity index (χ2v) is 8.19. The van der Waals surface area contributed by atoms with E-state index in [-0.39, 0.29) is 11.6 Å². The highest BCUT2D eigenvalue weighted by atomic mass is 32.1. The number of fused-ring (bicyclic) bond motifs is 1. The average Bonchev–Trinajstić information content (AvgIpc) is 3.32. The molecule has 3 aromatic rings. The molecule has 1 fully saturated rings. The van der Waals surface area contributed by atoms with Crippen molar-refractivity contribution in [3.8, 4) is 0 Å². The van der Waals surface area contributed by atoms with Gasteiger partial charge in [-0.05, 0) is 30.5 Å². The number of para-hydroxylation sites is 2. The molecule has 7 heteroatoms. The first-order valence-corrected chi connectivity index (χ1v) is 10.8. The van der Waals surface area contributed by atoms with E-state index < -0.39 is 0 Å². The minimum atomic E-state index is -0.0303. The Hall–Kier alpha value is -2.38. The van der Waals surface area contributed by atoms with E-state index >= 15 is 0 Å². The van der Waals surface area contributed by atoms with Crippen molar-refractivity contribution < 1.29 is 4.79 Å².